The average Bonchev–Trinajstić information content (AvgIpc) is 3.11. The van der Waals surface area contributed by atoms with Crippen LogP contribution in [0.25, 0.3) is 11.3 Å². The Labute approximate surface area is 176 Å². The van der Waals surface area contributed by atoms with E-state index in [1.54, 1.807) is 26.1 Å². The van der Waals surface area contributed by atoms with E-state index in [1.807, 2.05) is 18.2 Å². The van der Waals surface area contributed by atoms with E-state index in [0.29, 0.717) is 40.3 Å². The van der Waals surface area contributed by atoms with Gasteiger partial charge in [0.2, 0.25) is 0 Å². The number of ketones is 1. The molecule has 4 rings (SSSR count). The Kier molecular flexibility index (Phi) is 5.98. The Bertz CT molecular complexity index is 1030. The maximum Gasteiger partial charge on any atom is 0.342 e. The van der Waals surface area contributed by atoms with Crippen LogP contribution in [0.1, 0.15) is 77.0 Å². The fraction of sp³-hybridized carbons (Fsp3) is 0.400. The molecule has 0 saturated carbocycles. The molecule has 1 aromatic carbocycles. The molecule has 0 amide bonds. The van der Waals surface area contributed by atoms with Crippen molar-refractivity contribution in [2.75, 3.05) is 13.2 Å². The summed E-state index contributed by atoms with van der Waals surface area (Å²) in [7, 11) is 0. The van der Waals surface area contributed by atoms with Crippen LogP contribution in [0.2, 0.25) is 0 Å². The van der Waals surface area contributed by atoms with E-state index in [9.17, 15) is 9.59 Å². The molecule has 1 heterocycles. The van der Waals surface area contributed by atoms with E-state index >= 15 is 0 Å². The lowest BCUT2D eigenvalue weighted by molar-refractivity contribution is 0.0523. The van der Waals surface area contributed by atoms with Crippen LogP contribution in [0, 0.1) is 6.92 Å². The number of Topliss-reactive ketones (excluding diaryl/α,β-unsaturated/α-hetero) is 1. The highest BCUT2D eigenvalue weighted by Gasteiger charge is 2.39. The van der Waals surface area contributed by atoms with Gasteiger partial charge in [0.15, 0.2) is 5.78 Å². The van der Waals surface area contributed by atoms with Crippen LogP contribution < -0.4 is 0 Å². The molecular weight excluding hydrogens is 378 g/mol. The molecule has 0 fully saturated rings. The number of benzene rings is 1. The summed E-state index contributed by atoms with van der Waals surface area (Å²) in [5, 5.41) is 0. The quantitative estimate of drug-likeness (QED) is 0.353. The molecule has 156 valence electrons. The monoisotopic (exact) mass is 405 g/mol. The molecule has 1 aromatic heterocycles. The molecule has 0 radical (unpaired) electrons. The predicted octanol–water partition coefficient (Wildman–Crippen LogP) is 5.67. The molecule has 0 aliphatic heterocycles. The van der Waals surface area contributed by atoms with E-state index in [4.69, 9.17) is 9.15 Å². The van der Waals surface area contributed by atoms with Gasteiger partial charge in [-0.3, -0.25) is 9.79 Å². The molecule has 0 spiro atoms. The SMILES string of the molecule is CCOC(=O)c1c(C)oc2c1[C@H](C=NCCC1=CCCCC1)C(=O)c1ccccc1-2. The molecular formula is C25H27NO4. The van der Waals surface area contributed by atoms with Gasteiger partial charge in [-0.15, -0.1) is 0 Å². The van der Waals surface area contributed by atoms with E-state index < -0.39 is 11.9 Å². The topological polar surface area (TPSA) is 68.9 Å². The third-order valence-corrected chi connectivity index (χ3v) is 5.83. The highest BCUT2D eigenvalue weighted by molar-refractivity contribution is 6.18. The summed E-state index contributed by atoms with van der Waals surface area (Å²) in [5.74, 6) is -0.138. The van der Waals surface area contributed by atoms with Crippen LogP contribution >= 0.6 is 0 Å². The molecule has 5 heteroatoms. The van der Waals surface area contributed by atoms with Crippen LogP contribution in [0.3, 0.4) is 0 Å². The van der Waals surface area contributed by atoms with Crippen LogP contribution in [-0.2, 0) is 4.74 Å². The number of hydrogen-bond donors (Lipinski definition) is 0. The molecule has 0 unspecified atom stereocenters. The normalized spacial score (nSPS) is 18.1. The van der Waals surface area contributed by atoms with Gasteiger partial charge >= 0.3 is 5.97 Å². The standard InChI is InChI=1S/C25H27NO4/c1-3-29-25(28)21-16(2)30-24-19-12-8-7-11-18(19)23(27)20(22(21)24)15-26-14-13-17-9-5-4-6-10-17/h7-9,11-12,15,20H,3-6,10,13-14H2,1-2H3/t20-/m0/s1. The zero-order valence-electron chi connectivity index (χ0n) is 17.6. The molecule has 2 aliphatic carbocycles. The lowest BCUT2D eigenvalue weighted by atomic mass is 9.80. The number of rotatable bonds is 6. The minimum Gasteiger partial charge on any atom is -0.462 e. The van der Waals surface area contributed by atoms with Crippen molar-refractivity contribution < 1.29 is 18.7 Å². The fourth-order valence-corrected chi connectivity index (χ4v) is 4.37. The van der Waals surface area contributed by atoms with Crippen molar-refractivity contribution in [1.29, 1.82) is 0 Å². The Hall–Kier alpha value is -2.95. The summed E-state index contributed by atoms with van der Waals surface area (Å²) < 4.78 is 11.2. The van der Waals surface area contributed by atoms with Gasteiger partial charge in [-0.25, -0.2) is 4.79 Å². The Morgan fingerprint density at radius 3 is 2.80 bits per heavy atom. The summed E-state index contributed by atoms with van der Waals surface area (Å²) in [6.45, 7) is 4.40. The smallest absolute Gasteiger partial charge is 0.342 e. The van der Waals surface area contributed by atoms with Crippen molar-refractivity contribution in [1.82, 2.24) is 0 Å². The number of fused-ring (bicyclic) bond motifs is 3. The number of aryl methyl sites for hydroxylation is 1. The lowest BCUT2D eigenvalue weighted by Crippen LogP contribution is -2.22. The lowest BCUT2D eigenvalue weighted by Gasteiger charge is -2.21. The average molecular weight is 405 g/mol. The second-order valence-corrected chi connectivity index (χ2v) is 7.80. The molecule has 2 aromatic rings. The number of carbonyl (C=O) groups excluding carboxylic acids is 2. The number of esters is 1. The van der Waals surface area contributed by atoms with Crippen molar-refractivity contribution in [3.63, 3.8) is 0 Å². The molecule has 0 saturated heterocycles. The summed E-state index contributed by atoms with van der Waals surface area (Å²) in [4.78, 5) is 30.6. The van der Waals surface area contributed by atoms with Gasteiger partial charge in [0.25, 0.3) is 0 Å². The summed E-state index contributed by atoms with van der Waals surface area (Å²) >= 11 is 0. The minimum atomic E-state index is -0.646. The number of furan rings is 1. The van der Waals surface area contributed by atoms with E-state index in [1.165, 1.54) is 18.4 Å². The third-order valence-electron chi connectivity index (χ3n) is 5.83. The summed E-state index contributed by atoms with van der Waals surface area (Å²) in [5.41, 5.74) is 3.69. The second-order valence-electron chi connectivity index (χ2n) is 7.80. The Morgan fingerprint density at radius 2 is 2.07 bits per heavy atom. The number of ether oxygens (including phenoxy) is 1. The van der Waals surface area contributed by atoms with Crippen LogP contribution in [0.15, 0.2) is 45.3 Å². The highest BCUT2D eigenvalue weighted by atomic mass is 16.5. The van der Waals surface area contributed by atoms with Crippen molar-refractivity contribution >= 4 is 18.0 Å². The van der Waals surface area contributed by atoms with Gasteiger partial charge in [0.05, 0.1) is 12.5 Å². The number of nitrogens with zero attached hydrogens (tertiary/aromatic N) is 1. The largest absolute Gasteiger partial charge is 0.462 e. The number of aliphatic imine (C=N–C) groups is 1. The first-order chi connectivity index (χ1) is 14.6. The number of allylic oxidation sites excluding steroid dienone is 1. The first kappa shape index (κ1) is 20.3. The minimum absolute atomic E-state index is 0.0647. The molecule has 1 atom stereocenters. The summed E-state index contributed by atoms with van der Waals surface area (Å²) in [6, 6.07) is 7.36. The van der Waals surface area contributed by atoms with Gasteiger partial charge in [-0.05, 0) is 46.0 Å². The van der Waals surface area contributed by atoms with Gasteiger partial charge in [-0.2, -0.15) is 0 Å². The second kappa shape index (κ2) is 8.82. The van der Waals surface area contributed by atoms with Gasteiger partial charge in [0.1, 0.15) is 17.1 Å². The van der Waals surface area contributed by atoms with E-state index in [2.05, 4.69) is 11.1 Å². The molecule has 30 heavy (non-hydrogen) atoms. The van der Waals surface area contributed by atoms with Gasteiger partial charge in [0, 0.05) is 29.4 Å². The zero-order chi connectivity index (χ0) is 21.1. The van der Waals surface area contributed by atoms with Crippen LogP contribution in [0.4, 0.5) is 0 Å². The first-order valence-corrected chi connectivity index (χ1v) is 10.7. The van der Waals surface area contributed by atoms with E-state index in [-0.39, 0.29) is 12.4 Å². The Balaban J connectivity index is 1.69. The number of hydrogen-bond acceptors (Lipinski definition) is 5. The first-order valence-electron chi connectivity index (χ1n) is 10.7. The molecule has 2 aliphatic rings. The molecule has 0 N–H and O–H groups in total. The third kappa shape index (κ3) is 3.76. The maximum atomic E-state index is 13.3. The van der Waals surface area contributed by atoms with Crippen molar-refractivity contribution in [2.24, 2.45) is 4.99 Å². The van der Waals surface area contributed by atoms with Crippen molar-refractivity contribution in [2.45, 2.75) is 51.9 Å². The van der Waals surface area contributed by atoms with Crippen molar-refractivity contribution in [3.05, 3.63) is 58.4 Å². The fourth-order valence-electron chi connectivity index (χ4n) is 4.37. The van der Waals surface area contributed by atoms with E-state index in [0.717, 1.165) is 19.3 Å². The van der Waals surface area contributed by atoms with Gasteiger partial charge < -0.3 is 9.15 Å². The van der Waals surface area contributed by atoms with Gasteiger partial charge in [-0.1, -0.05) is 35.9 Å². The summed E-state index contributed by atoms with van der Waals surface area (Å²) in [6.07, 6.45) is 9.72. The predicted molar refractivity (Wildman–Crippen MR) is 116 cm³/mol. The zero-order valence-corrected chi connectivity index (χ0v) is 17.6. The number of carbonyl (C=O) groups is 2. The highest BCUT2D eigenvalue weighted by Crippen LogP contribution is 2.43. The van der Waals surface area contributed by atoms with Crippen LogP contribution in [0.5, 0.6) is 0 Å². The van der Waals surface area contributed by atoms with Crippen molar-refractivity contribution in [3.8, 4) is 11.3 Å². The van der Waals surface area contributed by atoms with Crippen LogP contribution in [-0.4, -0.2) is 31.1 Å². The molecule has 0 bridgehead atoms. The Morgan fingerprint density at radius 1 is 1.27 bits per heavy atom. The maximum absolute atomic E-state index is 13.3. The molecule has 5 nitrogen and oxygen atoms in total.